The summed E-state index contributed by atoms with van der Waals surface area (Å²) in [5, 5.41) is 0. The third kappa shape index (κ3) is 21.5. The number of hydrogen-bond acceptors (Lipinski definition) is 0. The molecule has 9 aromatic rings. The molecule has 0 aromatic heterocycles. The molecule has 0 aliphatic rings. The number of benzene rings is 9. The molecule has 0 heterocycles. The van der Waals surface area contributed by atoms with Crippen molar-refractivity contribution in [3.8, 4) is 68.9 Å². The van der Waals surface area contributed by atoms with Crippen LogP contribution in [-0.2, 0) is 32.1 Å². The van der Waals surface area contributed by atoms with Gasteiger partial charge in [0, 0.05) is 16.7 Å². The van der Waals surface area contributed by atoms with Crippen LogP contribution in [0.25, 0.3) is 33.4 Å². The molecule has 0 bridgehead atoms. The van der Waals surface area contributed by atoms with Gasteiger partial charge >= 0.3 is 0 Å². The van der Waals surface area contributed by atoms with E-state index in [0.717, 1.165) is 127 Å². The van der Waals surface area contributed by atoms with Crippen LogP contribution < -0.4 is 0 Å². The number of aryl methyl sites for hydroxylation is 6. The van der Waals surface area contributed by atoms with Gasteiger partial charge in [0.05, 0.1) is 16.7 Å². The predicted octanol–water partition coefficient (Wildman–Crippen LogP) is 22.9. The van der Waals surface area contributed by atoms with Crippen molar-refractivity contribution in [3.63, 3.8) is 0 Å². The number of rotatable bonds is 20. The highest BCUT2D eigenvalue weighted by atomic mass is 19.2. The molecule has 0 nitrogen and oxygen atoms in total. The second-order valence-corrected chi connectivity index (χ2v) is 22.8. The molecule has 0 spiro atoms. The van der Waals surface area contributed by atoms with Crippen LogP contribution in [0.4, 0.5) is 26.3 Å². The normalized spacial score (nSPS) is 10.5. The average molecular weight is 1190 g/mol. The van der Waals surface area contributed by atoms with E-state index in [1.54, 1.807) is 0 Å². The highest BCUT2D eigenvalue weighted by Crippen LogP contribution is 2.26. The average Bonchev–Trinajstić information content (AvgIpc) is 3.12. The van der Waals surface area contributed by atoms with E-state index in [2.05, 4.69) is 150 Å². The molecule has 0 radical (unpaired) electrons. The van der Waals surface area contributed by atoms with Crippen molar-refractivity contribution in [2.24, 2.45) is 0 Å². The molecular weight excluding hydrogens is 1110 g/mol. The van der Waals surface area contributed by atoms with Crippen molar-refractivity contribution in [2.75, 3.05) is 0 Å². The second kappa shape index (κ2) is 35.9. The van der Waals surface area contributed by atoms with Crippen LogP contribution in [0, 0.1) is 77.3 Å². The fraction of sp³-hybridized carbons (Fsp3) is 0.277. The molecule has 0 N–H and O–H groups in total. The van der Waals surface area contributed by atoms with Crippen molar-refractivity contribution < 1.29 is 26.3 Å². The highest BCUT2D eigenvalue weighted by molar-refractivity contribution is 5.67. The third-order valence-electron chi connectivity index (χ3n) is 15.5. The summed E-state index contributed by atoms with van der Waals surface area (Å²) in [6, 6.07) is 57.1. The summed E-state index contributed by atoms with van der Waals surface area (Å²) >= 11 is 0. The Morgan fingerprint density at radius 2 is 0.472 bits per heavy atom. The molecule has 9 aromatic carbocycles. The van der Waals surface area contributed by atoms with Crippen molar-refractivity contribution in [1.29, 1.82) is 0 Å². The Bertz CT molecular complexity index is 3790. The topological polar surface area (TPSA) is 0 Å². The van der Waals surface area contributed by atoms with Gasteiger partial charge in [-0.25, -0.2) is 26.3 Å². The largest absolute Gasteiger partial charge is 0.206 e. The lowest BCUT2D eigenvalue weighted by atomic mass is 10.0. The van der Waals surface area contributed by atoms with Crippen LogP contribution in [0.2, 0.25) is 0 Å². The minimum atomic E-state index is -0.588. The van der Waals surface area contributed by atoms with Gasteiger partial charge in [0.15, 0.2) is 0 Å². The molecule has 0 fully saturated rings. The van der Waals surface area contributed by atoms with Crippen molar-refractivity contribution in [2.45, 2.75) is 151 Å². The molecule has 0 atom stereocenters. The van der Waals surface area contributed by atoms with Crippen LogP contribution in [0.3, 0.4) is 0 Å². The molecule has 0 saturated heterocycles. The van der Waals surface area contributed by atoms with E-state index in [0.29, 0.717) is 36.0 Å². The first-order valence-electron chi connectivity index (χ1n) is 31.8. The van der Waals surface area contributed by atoms with Gasteiger partial charge in [-0.2, -0.15) is 0 Å². The molecular formula is C83H82F6. The molecule has 89 heavy (non-hydrogen) atoms. The molecule has 456 valence electrons. The first-order chi connectivity index (χ1) is 43.3. The summed E-state index contributed by atoms with van der Waals surface area (Å²) in [4.78, 5) is 0. The summed E-state index contributed by atoms with van der Waals surface area (Å²) in [7, 11) is 0. The SMILES string of the molecule is CCCCCc1cc(F)c(C#Cc2ccc(-c3ccc(C)cc3)cc2)c(F)c1.CCCCCc1cc(F)c(C#Cc2ccc(-c3ccc(CCC)cc3)cc2)c(F)c1.CCCCCc1cc(F)c(C#Cc2ccc(-c3ccc(CCCC)cc3)cc2)c(F)c1. The van der Waals surface area contributed by atoms with E-state index in [4.69, 9.17) is 0 Å². The standard InChI is InChI=1S/C29H30F2.C28H28F2.C26H24F2/c1-3-5-7-9-24-20-28(30)27(29(31)21-24)19-14-23-12-17-26(18-13-23)25-15-10-22(11-16-25)8-6-4-2;1-3-5-6-8-23-19-27(29)26(28(30)20-23)18-13-22-11-16-25(17-12-22)24-14-9-21(7-4-2)10-15-24;1-3-4-5-6-21-17-25(27)24(26(28)18-21)16-11-20-9-14-23(15-10-20)22-12-7-19(2)8-13-22/h10-13,15-18,20-21H,3-9H2,1-2H3;9-12,14-17,19-20H,3-8H2,1-2H3;7-10,12-15,17-18H,3-6H2,1-2H3. The first kappa shape index (κ1) is 67.7. The maximum absolute atomic E-state index is 14.4. The zero-order valence-electron chi connectivity index (χ0n) is 52.6. The first-order valence-corrected chi connectivity index (χ1v) is 31.8. The Labute approximate surface area is 526 Å². The Kier molecular flexibility index (Phi) is 27.3. The lowest BCUT2D eigenvalue weighted by Crippen LogP contribution is -1.95. The van der Waals surface area contributed by atoms with E-state index in [-0.39, 0.29) is 16.7 Å². The van der Waals surface area contributed by atoms with Gasteiger partial charge in [0.2, 0.25) is 0 Å². The summed E-state index contributed by atoms with van der Waals surface area (Å²) in [5.41, 5.74) is 14.4. The lowest BCUT2D eigenvalue weighted by molar-refractivity contribution is 0.571. The van der Waals surface area contributed by atoms with E-state index in [1.165, 1.54) is 65.9 Å². The van der Waals surface area contributed by atoms with Crippen molar-refractivity contribution in [1.82, 2.24) is 0 Å². The number of halogens is 6. The zero-order valence-corrected chi connectivity index (χ0v) is 52.6. The van der Waals surface area contributed by atoms with Gasteiger partial charge in [-0.3, -0.25) is 0 Å². The van der Waals surface area contributed by atoms with Gasteiger partial charge in [-0.1, -0.05) is 236 Å². The minimum absolute atomic E-state index is 0.161. The van der Waals surface area contributed by atoms with Crippen LogP contribution in [0.1, 0.15) is 178 Å². The zero-order chi connectivity index (χ0) is 63.3. The maximum Gasteiger partial charge on any atom is 0.142 e. The summed E-state index contributed by atoms with van der Waals surface area (Å²) in [5.74, 6) is 13.2. The fourth-order valence-electron chi connectivity index (χ4n) is 10.2. The van der Waals surface area contributed by atoms with Crippen LogP contribution in [0.15, 0.2) is 182 Å². The highest BCUT2D eigenvalue weighted by Gasteiger charge is 2.13. The predicted molar refractivity (Wildman–Crippen MR) is 360 cm³/mol. The molecule has 0 saturated carbocycles. The van der Waals surface area contributed by atoms with Gasteiger partial charge in [-0.15, -0.1) is 0 Å². The Morgan fingerprint density at radius 3 is 0.730 bits per heavy atom. The fourth-order valence-corrected chi connectivity index (χ4v) is 10.2. The van der Waals surface area contributed by atoms with E-state index < -0.39 is 34.9 Å². The maximum atomic E-state index is 14.4. The summed E-state index contributed by atoms with van der Waals surface area (Å²) < 4.78 is 86.1. The smallest absolute Gasteiger partial charge is 0.142 e. The molecule has 0 amide bonds. The number of hydrogen-bond donors (Lipinski definition) is 0. The minimum Gasteiger partial charge on any atom is -0.206 e. The second-order valence-electron chi connectivity index (χ2n) is 22.8. The van der Waals surface area contributed by atoms with Crippen LogP contribution in [0.5, 0.6) is 0 Å². The number of unbranched alkanes of at least 4 members (excludes halogenated alkanes) is 7. The van der Waals surface area contributed by atoms with Crippen LogP contribution in [-0.4, -0.2) is 0 Å². The van der Waals surface area contributed by atoms with Gasteiger partial charge < -0.3 is 0 Å². The lowest BCUT2D eigenvalue weighted by Gasteiger charge is -2.05. The Hall–Kier alpha value is -8.76. The monoisotopic (exact) mass is 1190 g/mol. The van der Waals surface area contributed by atoms with Gasteiger partial charge in [0.25, 0.3) is 0 Å². The van der Waals surface area contributed by atoms with E-state index in [9.17, 15) is 26.3 Å². The summed E-state index contributed by atoms with van der Waals surface area (Å²) in [6.45, 7) is 12.7. The molecule has 0 aliphatic heterocycles. The molecule has 0 unspecified atom stereocenters. The van der Waals surface area contributed by atoms with Gasteiger partial charge in [0.1, 0.15) is 34.9 Å². The van der Waals surface area contributed by atoms with Gasteiger partial charge in [-0.05, 0) is 199 Å². The molecule has 9 rings (SSSR count). The van der Waals surface area contributed by atoms with Crippen molar-refractivity contribution in [3.05, 3.63) is 284 Å². The van der Waals surface area contributed by atoms with E-state index in [1.807, 2.05) is 72.8 Å². The quantitative estimate of drug-likeness (QED) is 0.0405. The molecule has 0 aliphatic carbocycles. The Morgan fingerprint density at radius 1 is 0.236 bits per heavy atom. The van der Waals surface area contributed by atoms with E-state index >= 15 is 0 Å². The van der Waals surface area contributed by atoms with Crippen molar-refractivity contribution >= 4 is 0 Å². The summed E-state index contributed by atoms with van der Waals surface area (Å²) in [6.07, 6.45) is 17.0. The third-order valence-corrected chi connectivity index (χ3v) is 15.5. The molecule has 6 heteroatoms. The Balaban J connectivity index is 0.000000190. The van der Waals surface area contributed by atoms with Crippen LogP contribution >= 0.6 is 0 Å².